The molecule has 0 amide bonds. The third-order valence-electron chi connectivity index (χ3n) is 2.27. The van der Waals surface area contributed by atoms with E-state index < -0.39 is 14.5 Å². The van der Waals surface area contributed by atoms with Gasteiger partial charge in [-0.2, -0.15) is 0 Å². The van der Waals surface area contributed by atoms with E-state index >= 15 is 0 Å². The van der Waals surface area contributed by atoms with E-state index in [1.807, 2.05) is 6.92 Å². The van der Waals surface area contributed by atoms with E-state index in [0.29, 0.717) is 5.92 Å². The van der Waals surface area contributed by atoms with Crippen LogP contribution in [0, 0.1) is 5.92 Å². The van der Waals surface area contributed by atoms with Gasteiger partial charge < -0.3 is 8.53 Å². The van der Waals surface area contributed by atoms with Crippen LogP contribution in [-0.2, 0) is 8.53 Å². The molecule has 0 saturated carbocycles. The molecule has 0 rings (SSSR count). The van der Waals surface area contributed by atoms with Gasteiger partial charge in [-0.3, -0.25) is 0 Å². The molecule has 0 aromatic carbocycles. The maximum atomic E-state index is 6.00. The minimum absolute atomic E-state index is 0.00201. The van der Waals surface area contributed by atoms with E-state index in [-0.39, 0.29) is 6.29 Å². The second kappa shape index (κ2) is 9.66. The summed E-state index contributed by atoms with van der Waals surface area (Å²) < 4.78 is 11.6. The first kappa shape index (κ1) is 15.5. The van der Waals surface area contributed by atoms with Crippen LogP contribution in [0.2, 0.25) is 10.6 Å². The summed E-state index contributed by atoms with van der Waals surface area (Å²) in [6.45, 7) is 11.6. The summed E-state index contributed by atoms with van der Waals surface area (Å²) in [6, 6.07) is 0. The molecule has 0 spiro atoms. The van der Waals surface area contributed by atoms with Gasteiger partial charge in [-0.25, -0.2) is 0 Å². The van der Waals surface area contributed by atoms with Crippen molar-refractivity contribution >= 4 is 14.5 Å². The monoisotopic (exact) mass is 230 g/mol. The van der Waals surface area contributed by atoms with E-state index in [1.165, 1.54) is 23.4 Å². The van der Waals surface area contributed by atoms with Gasteiger partial charge in [0.05, 0.1) is 6.61 Å². The summed E-state index contributed by atoms with van der Waals surface area (Å²) in [5.74, 6) is 0.591. The van der Waals surface area contributed by atoms with E-state index in [2.05, 4.69) is 27.7 Å². The number of ether oxygens (including phenoxy) is 1. The van der Waals surface area contributed by atoms with Gasteiger partial charge >= 0.3 is 14.5 Å². The fourth-order valence-electron chi connectivity index (χ4n) is 1.56. The Labute approximate surface area is 100 Å². The van der Waals surface area contributed by atoms with Crippen molar-refractivity contribution in [2.75, 3.05) is 6.61 Å². The minimum Gasteiger partial charge on any atom is -0.478 e. The highest BCUT2D eigenvalue weighted by Gasteiger charge is 2.21. The number of hydrogen-bond acceptors (Lipinski definition) is 2. The third-order valence-corrected chi connectivity index (χ3v) is 5.48. The van der Waals surface area contributed by atoms with Gasteiger partial charge in [0.1, 0.15) is 6.29 Å². The summed E-state index contributed by atoms with van der Waals surface area (Å²) in [5, 5.41) is 2.56. The summed E-state index contributed by atoms with van der Waals surface area (Å²) >= 11 is -0.980. The molecule has 0 bridgehead atoms. The maximum Gasteiger partial charge on any atom is 0.462 e. The van der Waals surface area contributed by atoms with E-state index in [0.717, 1.165) is 6.61 Å². The summed E-state index contributed by atoms with van der Waals surface area (Å²) in [6.07, 6.45) is 2.49. The average Bonchev–Trinajstić information content (AvgIpc) is 2.15. The van der Waals surface area contributed by atoms with Gasteiger partial charge in [-0.05, 0) is 12.8 Å². The molecule has 1 atom stereocenters. The zero-order chi connectivity index (χ0) is 11.7. The Balaban J connectivity index is 3.72. The van der Waals surface area contributed by atoms with Crippen LogP contribution in [-0.4, -0.2) is 27.4 Å². The van der Waals surface area contributed by atoms with Crippen molar-refractivity contribution in [1.29, 1.82) is 0 Å². The van der Waals surface area contributed by atoms with Crippen molar-refractivity contribution in [2.45, 2.75) is 64.3 Å². The van der Waals surface area contributed by atoms with Crippen molar-refractivity contribution in [2.24, 2.45) is 5.92 Å². The second-order valence-electron chi connectivity index (χ2n) is 4.63. The van der Waals surface area contributed by atoms with Crippen LogP contribution in [0.3, 0.4) is 0 Å². The van der Waals surface area contributed by atoms with Crippen LogP contribution in [0.1, 0.15) is 47.5 Å². The van der Waals surface area contributed by atoms with Crippen LogP contribution in [0.5, 0.6) is 0 Å². The highest BCUT2D eigenvalue weighted by Crippen LogP contribution is 2.11. The van der Waals surface area contributed by atoms with Crippen LogP contribution < -0.4 is 0 Å². The quantitative estimate of drug-likeness (QED) is 0.442. The number of rotatable bonds is 9. The SMILES string of the molecule is CC[CH2][Al]([CH2]CC)[O]C(C)OCC(C)C. The molecular formula is C12H27AlO2. The fraction of sp³-hybridized carbons (Fsp3) is 1.00. The van der Waals surface area contributed by atoms with Gasteiger partial charge in [-0.15, -0.1) is 0 Å². The van der Waals surface area contributed by atoms with Gasteiger partial charge in [0.25, 0.3) is 0 Å². The largest absolute Gasteiger partial charge is 0.478 e. The molecule has 3 heteroatoms. The fourth-order valence-corrected chi connectivity index (χ4v) is 4.03. The molecule has 2 nitrogen and oxygen atoms in total. The van der Waals surface area contributed by atoms with Crippen LogP contribution in [0.4, 0.5) is 0 Å². The van der Waals surface area contributed by atoms with E-state index in [4.69, 9.17) is 8.53 Å². The van der Waals surface area contributed by atoms with Gasteiger partial charge in [0.15, 0.2) is 0 Å². The molecule has 0 aliphatic rings. The van der Waals surface area contributed by atoms with Crippen molar-refractivity contribution in [3.63, 3.8) is 0 Å². The van der Waals surface area contributed by atoms with Crippen molar-refractivity contribution in [1.82, 2.24) is 0 Å². The first-order valence-corrected chi connectivity index (χ1v) is 8.47. The predicted molar refractivity (Wildman–Crippen MR) is 67.3 cm³/mol. The van der Waals surface area contributed by atoms with Gasteiger partial charge in [0, 0.05) is 0 Å². The molecule has 0 heterocycles. The van der Waals surface area contributed by atoms with Crippen LogP contribution in [0.15, 0.2) is 0 Å². The zero-order valence-corrected chi connectivity index (χ0v) is 12.2. The van der Waals surface area contributed by atoms with Gasteiger partial charge in [0.2, 0.25) is 0 Å². The smallest absolute Gasteiger partial charge is 0.462 e. The standard InChI is InChI=1S/C6H13O2.2C3H7.Al/c1-5(2)4-8-6(3)7;2*1-3-2;/h5-6H,4H2,1-3H3;2*1,3H2,2H3;/q-1;;;+1. The average molecular weight is 230 g/mol. The molecule has 1 unspecified atom stereocenters. The Bertz CT molecular complexity index is 134. The lowest BCUT2D eigenvalue weighted by molar-refractivity contribution is -0.0786. The van der Waals surface area contributed by atoms with Crippen molar-refractivity contribution < 1.29 is 8.53 Å². The highest BCUT2D eigenvalue weighted by atomic mass is 27.2. The molecule has 0 saturated heterocycles. The third kappa shape index (κ3) is 9.39. The molecule has 0 N–H and O–H groups in total. The lowest BCUT2D eigenvalue weighted by Gasteiger charge is -2.20. The lowest BCUT2D eigenvalue weighted by atomic mass is 10.2. The molecule has 0 aliphatic heterocycles. The topological polar surface area (TPSA) is 18.5 Å². The maximum absolute atomic E-state index is 6.00. The van der Waals surface area contributed by atoms with Crippen LogP contribution in [0.25, 0.3) is 0 Å². The molecule has 15 heavy (non-hydrogen) atoms. The second-order valence-corrected chi connectivity index (χ2v) is 7.30. The first-order valence-electron chi connectivity index (χ1n) is 6.37. The predicted octanol–water partition coefficient (Wildman–Crippen LogP) is 3.83. The Morgan fingerprint density at radius 1 is 1.00 bits per heavy atom. The normalized spacial score (nSPS) is 13.2. The minimum atomic E-state index is -0.980. The highest BCUT2D eigenvalue weighted by molar-refractivity contribution is 6.51. The molecule has 0 aromatic heterocycles. The molecule has 0 aromatic rings. The molecule has 0 radical (unpaired) electrons. The Morgan fingerprint density at radius 3 is 1.93 bits per heavy atom. The summed E-state index contributed by atoms with van der Waals surface area (Å²) in [4.78, 5) is 0. The molecule has 90 valence electrons. The Morgan fingerprint density at radius 2 is 1.53 bits per heavy atom. The first-order chi connectivity index (χ1) is 7.10. The van der Waals surface area contributed by atoms with Crippen molar-refractivity contribution in [3.05, 3.63) is 0 Å². The van der Waals surface area contributed by atoms with Gasteiger partial charge in [-0.1, -0.05) is 51.1 Å². The summed E-state index contributed by atoms with van der Waals surface area (Å²) in [7, 11) is 0. The molecule has 0 aliphatic carbocycles. The Kier molecular flexibility index (Phi) is 9.95. The van der Waals surface area contributed by atoms with Crippen LogP contribution >= 0.6 is 0 Å². The summed E-state index contributed by atoms with van der Waals surface area (Å²) in [5.41, 5.74) is 0. The zero-order valence-electron chi connectivity index (χ0n) is 11.1. The van der Waals surface area contributed by atoms with E-state index in [1.54, 1.807) is 0 Å². The lowest BCUT2D eigenvalue weighted by Crippen LogP contribution is -2.26. The van der Waals surface area contributed by atoms with Crippen molar-refractivity contribution in [3.8, 4) is 0 Å². The molecular weight excluding hydrogens is 203 g/mol. The molecule has 0 fully saturated rings. The Hall–Kier alpha value is 0.452. The number of hydrogen-bond donors (Lipinski definition) is 0. The van der Waals surface area contributed by atoms with E-state index in [9.17, 15) is 0 Å².